The van der Waals surface area contributed by atoms with Crippen molar-refractivity contribution < 1.29 is 4.79 Å². The van der Waals surface area contributed by atoms with E-state index in [1.807, 2.05) is 18.5 Å². The van der Waals surface area contributed by atoms with Crippen LogP contribution in [0.5, 0.6) is 0 Å². The molecule has 5 nitrogen and oxygen atoms in total. The molecule has 0 aliphatic heterocycles. The first-order valence-corrected chi connectivity index (χ1v) is 4.95. The van der Waals surface area contributed by atoms with Gasteiger partial charge in [-0.25, -0.2) is 0 Å². The van der Waals surface area contributed by atoms with Crippen molar-refractivity contribution in [1.82, 2.24) is 20.1 Å². The van der Waals surface area contributed by atoms with E-state index in [-0.39, 0.29) is 5.91 Å². The summed E-state index contributed by atoms with van der Waals surface area (Å²) in [6.45, 7) is 2.28. The number of nitrogens with zero attached hydrogens (tertiary/aromatic N) is 3. The molecule has 1 rings (SSSR count). The first-order chi connectivity index (χ1) is 6.15. The fourth-order valence-corrected chi connectivity index (χ4v) is 1.03. The molecule has 0 bridgehead atoms. The quantitative estimate of drug-likeness (QED) is 0.772. The number of amides is 1. The molecule has 6 heteroatoms. The maximum Gasteiger partial charge on any atom is 0.231 e. The van der Waals surface area contributed by atoms with Gasteiger partial charge in [0.25, 0.3) is 0 Å². The number of carbonyl (C=O) groups is 1. The van der Waals surface area contributed by atoms with Gasteiger partial charge in [0.2, 0.25) is 5.91 Å². The number of carbonyl (C=O) groups excluding carboxylic acids is 1. The lowest BCUT2D eigenvalue weighted by atomic mass is 10.5. The molecule has 0 spiro atoms. The Morgan fingerprint density at radius 2 is 2.31 bits per heavy atom. The van der Waals surface area contributed by atoms with Crippen LogP contribution < -0.4 is 5.32 Å². The van der Waals surface area contributed by atoms with Crippen LogP contribution >= 0.6 is 15.9 Å². The molecule has 0 aliphatic rings. The van der Waals surface area contributed by atoms with Gasteiger partial charge in [-0.1, -0.05) is 15.9 Å². The summed E-state index contributed by atoms with van der Waals surface area (Å²) in [5, 5.41) is 10.8. The molecule has 1 aromatic heterocycles. The first kappa shape index (κ1) is 10.2. The molecule has 0 atom stereocenters. The molecule has 0 radical (unpaired) electrons. The van der Waals surface area contributed by atoms with Crippen LogP contribution in [0, 0.1) is 6.92 Å². The molecule has 0 unspecified atom stereocenters. The summed E-state index contributed by atoms with van der Waals surface area (Å²) in [6, 6.07) is 0. The zero-order valence-corrected chi connectivity index (χ0v) is 9.13. The Balaban J connectivity index is 2.55. The standard InChI is InChI=1S/C7H11BrN4O/c1-5-10-11-6(12(5)2)4-9-7(13)3-8/h3-4H2,1-2H3,(H,9,13). The minimum atomic E-state index is -0.0550. The second kappa shape index (κ2) is 4.36. The fraction of sp³-hybridized carbons (Fsp3) is 0.571. The number of aryl methyl sites for hydroxylation is 1. The minimum absolute atomic E-state index is 0.0550. The van der Waals surface area contributed by atoms with Gasteiger partial charge in [-0.15, -0.1) is 10.2 Å². The van der Waals surface area contributed by atoms with E-state index in [1.54, 1.807) is 0 Å². The summed E-state index contributed by atoms with van der Waals surface area (Å²) in [4.78, 5) is 10.9. The minimum Gasteiger partial charge on any atom is -0.348 e. The predicted molar refractivity (Wildman–Crippen MR) is 51.4 cm³/mol. The number of nitrogens with one attached hydrogen (secondary N) is 1. The Morgan fingerprint density at radius 1 is 1.62 bits per heavy atom. The van der Waals surface area contributed by atoms with Crippen molar-refractivity contribution in [2.75, 3.05) is 5.33 Å². The number of halogens is 1. The molecule has 0 aromatic carbocycles. The summed E-state index contributed by atoms with van der Waals surface area (Å²) in [7, 11) is 1.87. The van der Waals surface area contributed by atoms with Gasteiger partial charge in [0, 0.05) is 7.05 Å². The number of hydrogen-bond donors (Lipinski definition) is 1. The third-order valence-electron chi connectivity index (χ3n) is 1.75. The molecule has 13 heavy (non-hydrogen) atoms. The third-order valence-corrected chi connectivity index (χ3v) is 2.26. The molecule has 0 saturated heterocycles. The molecular formula is C7H11BrN4O. The normalized spacial score (nSPS) is 10.1. The largest absolute Gasteiger partial charge is 0.348 e. The van der Waals surface area contributed by atoms with Gasteiger partial charge in [0.1, 0.15) is 5.82 Å². The first-order valence-electron chi connectivity index (χ1n) is 3.82. The second-order valence-corrected chi connectivity index (χ2v) is 3.19. The molecule has 1 N–H and O–H groups in total. The van der Waals surface area contributed by atoms with Crippen molar-refractivity contribution in [1.29, 1.82) is 0 Å². The lowest BCUT2D eigenvalue weighted by Gasteiger charge is -2.02. The van der Waals surface area contributed by atoms with Crippen LogP contribution in [0.15, 0.2) is 0 Å². The highest BCUT2D eigenvalue weighted by Gasteiger charge is 2.05. The number of aromatic nitrogens is 3. The molecule has 0 saturated carbocycles. The Labute approximate surface area is 84.7 Å². The van der Waals surface area contributed by atoms with Crippen molar-refractivity contribution >= 4 is 21.8 Å². The van der Waals surface area contributed by atoms with Gasteiger partial charge in [-0.05, 0) is 6.92 Å². The summed E-state index contributed by atoms with van der Waals surface area (Å²) in [5.74, 6) is 1.54. The van der Waals surface area contributed by atoms with Crippen LogP contribution in [-0.4, -0.2) is 26.0 Å². The lowest BCUT2D eigenvalue weighted by molar-refractivity contribution is -0.118. The van der Waals surface area contributed by atoms with Crippen molar-refractivity contribution in [2.24, 2.45) is 7.05 Å². The highest BCUT2D eigenvalue weighted by molar-refractivity contribution is 9.09. The fourth-order valence-electron chi connectivity index (χ4n) is 0.830. The summed E-state index contributed by atoms with van der Waals surface area (Å²) in [5.41, 5.74) is 0. The Hall–Kier alpha value is -0.910. The molecule has 72 valence electrons. The second-order valence-electron chi connectivity index (χ2n) is 2.63. The topological polar surface area (TPSA) is 59.8 Å². The van der Waals surface area contributed by atoms with Crippen LogP contribution in [0.4, 0.5) is 0 Å². The zero-order valence-electron chi connectivity index (χ0n) is 7.54. The van der Waals surface area contributed by atoms with Gasteiger partial charge in [-0.3, -0.25) is 4.79 Å². The molecule has 0 fully saturated rings. The Bertz CT molecular complexity index is 309. The van der Waals surface area contributed by atoms with Gasteiger partial charge in [-0.2, -0.15) is 0 Å². The molecule has 1 aromatic rings. The van der Waals surface area contributed by atoms with Gasteiger partial charge >= 0.3 is 0 Å². The lowest BCUT2D eigenvalue weighted by Crippen LogP contribution is -2.25. The van der Waals surface area contributed by atoms with Crippen molar-refractivity contribution in [2.45, 2.75) is 13.5 Å². The molecule has 1 heterocycles. The zero-order chi connectivity index (χ0) is 9.84. The maximum absolute atomic E-state index is 10.9. The predicted octanol–water partition coefficient (Wildman–Crippen LogP) is 0.135. The van der Waals surface area contributed by atoms with Crippen molar-refractivity contribution in [3.63, 3.8) is 0 Å². The molecule has 0 aliphatic carbocycles. The van der Waals surface area contributed by atoms with E-state index in [2.05, 4.69) is 31.4 Å². The van der Waals surface area contributed by atoms with Crippen LogP contribution in [0.2, 0.25) is 0 Å². The maximum atomic E-state index is 10.9. The number of alkyl halides is 1. The van der Waals surface area contributed by atoms with Crippen LogP contribution in [0.3, 0.4) is 0 Å². The number of hydrogen-bond acceptors (Lipinski definition) is 3. The SMILES string of the molecule is Cc1nnc(CNC(=O)CBr)n1C. The van der Waals surface area contributed by atoms with Crippen molar-refractivity contribution in [3.8, 4) is 0 Å². The van der Waals surface area contributed by atoms with E-state index in [9.17, 15) is 4.79 Å². The third kappa shape index (κ3) is 2.51. The Kier molecular flexibility index (Phi) is 3.41. The van der Waals surface area contributed by atoms with Crippen molar-refractivity contribution in [3.05, 3.63) is 11.6 Å². The highest BCUT2D eigenvalue weighted by Crippen LogP contribution is 1.96. The van der Waals surface area contributed by atoms with E-state index in [4.69, 9.17) is 0 Å². The van der Waals surface area contributed by atoms with E-state index >= 15 is 0 Å². The van der Waals surface area contributed by atoms with E-state index < -0.39 is 0 Å². The van der Waals surface area contributed by atoms with Crippen LogP contribution in [0.1, 0.15) is 11.6 Å². The summed E-state index contributed by atoms with van der Waals surface area (Å²) in [6.07, 6.45) is 0. The van der Waals surface area contributed by atoms with E-state index in [1.165, 1.54) is 0 Å². The average molecular weight is 247 g/mol. The Morgan fingerprint density at radius 3 is 2.77 bits per heavy atom. The van der Waals surface area contributed by atoms with Crippen LogP contribution in [0.25, 0.3) is 0 Å². The average Bonchev–Trinajstić information content (AvgIpc) is 2.44. The van der Waals surface area contributed by atoms with Gasteiger partial charge < -0.3 is 9.88 Å². The highest BCUT2D eigenvalue weighted by atomic mass is 79.9. The summed E-state index contributed by atoms with van der Waals surface area (Å²) < 4.78 is 1.84. The summed E-state index contributed by atoms with van der Waals surface area (Å²) >= 11 is 3.06. The number of rotatable bonds is 3. The van der Waals surface area contributed by atoms with E-state index in [0.717, 1.165) is 11.6 Å². The molecular weight excluding hydrogens is 236 g/mol. The monoisotopic (exact) mass is 246 g/mol. The smallest absolute Gasteiger partial charge is 0.231 e. The van der Waals surface area contributed by atoms with E-state index in [0.29, 0.717) is 11.9 Å². The van der Waals surface area contributed by atoms with Gasteiger partial charge in [0.15, 0.2) is 5.82 Å². The van der Waals surface area contributed by atoms with Crippen LogP contribution in [-0.2, 0) is 18.4 Å². The molecule has 1 amide bonds. The van der Waals surface area contributed by atoms with Gasteiger partial charge in [0.05, 0.1) is 11.9 Å².